The highest BCUT2D eigenvalue weighted by Crippen LogP contribution is 2.16. The molecular weight excluding hydrogens is 302 g/mol. The third-order valence-electron chi connectivity index (χ3n) is 3.91. The predicted octanol–water partition coefficient (Wildman–Crippen LogP) is -1.02. The average molecular weight is 322 g/mol. The average Bonchev–Trinajstić information content (AvgIpc) is 3.14. The number of nitrogens with two attached hydrogens (primary N) is 1. The maximum Gasteiger partial charge on any atom is 0.361 e. The van der Waals surface area contributed by atoms with E-state index >= 15 is 0 Å². The van der Waals surface area contributed by atoms with E-state index in [-0.39, 0.29) is 23.9 Å². The van der Waals surface area contributed by atoms with Crippen LogP contribution >= 0.6 is 0 Å². The van der Waals surface area contributed by atoms with Crippen molar-refractivity contribution in [2.75, 3.05) is 25.4 Å². The van der Waals surface area contributed by atoms with Crippen molar-refractivity contribution in [1.82, 2.24) is 25.3 Å². The molecule has 10 nitrogen and oxygen atoms in total. The molecule has 2 aromatic heterocycles. The first-order chi connectivity index (χ1) is 11.2. The number of nitrogens with one attached hydrogen (secondary N) is 1. The van der Waals surface area contributed by atoms with E-state index in [2.05, 4.69) is 25.3 Å². The van der Waals surface area contributed by atoms with E-state index in [1.165, 1.54) is 28.8 Å². The second-order valence-electron chi connectivity index (χ2n) is 5.48. The van der Waals surface area contributed by atoms with Crippen molar-refractivity contribution in [3.8, 4) is 5.82 Å². The molecule has 0 radical (unpaired) electrons. The lowest BCUT2D eigenvalue weighted by Crippen LogP contribution is -3.11. The second kappa shape index (κ2) is 6.73. The smallest absolute Gasteiger partial charge is 0.361 e. The summed E-state index contributed by atoms with van der Waals surface area (Å²) < 4.78 is 11.1. The van der Waals surface area contributed by atoms with Gasteiger partial charge in [-0.25, -0.2) is 9.42 Å². The molecular formula is C13H20N7O3+. The zero-order valence-corrected chi connectivity index (χ0v) is 13.0. The first kappa shape index (κ1) is 15.4. The van der Waals surface area contributed by atoms with Crippen molar-refractivity contribution in [3.63, 3.8) is 0 Å². The first-order valence-electron chi connectivity index (χ1n) is 7.74. The Morgan fingerprint density at radius 3 is 2.78 bits per heavy atom. The predicted molar refractivity (Wildman–Crippen MR) is 77.8 cm³/mol. The number of likely N-dealkylation sites (tertiary alicyclic amines) is 1. The third kappa shape index (κ3) is 3.16. The van der Waals surface area contributed by atoms with Crippen molar-refractivity contribution in [2.24, 2.45) is 0 Å². The molecule has 1 fully saturated rings. The largest absolute Gasteiger partial charge is 0.461 e. The lowest BCUT2D eigenvalue weighted by Gasteiger charge is -2.23. The summed E-state index contributed by atoms with van der Waals surface area (Å²) >= 11 is 0. The number of hydrogen-bond acceptors (Lipinski definition) is 8. The van der Waals surface area contributed by atoms with Crippen LogP contribution in [0.5, 0.6) is 0 Å². The van der Waals surface area contributed by atoms with Crippen LogP contribution in [-0.4, -0.2) is 51.0 Å². The highest BCUT2D eigenvalue weighted by molar-refractivity contribution is 5.88. The number of carbonyl (C=O) groups is 1. The summed E-state index contributed by atoms with van der Waals surface area (Å²) in [6, 6.07) is 0. The van der Waals surface area contributed by atoms with Gasteiger partial charge in [-0.3, -0.25) is 0 Å². The van der Waals surface area contributed by atoms with E-state index in [0.29, 0.717) is 12.2 Å². The molecule has 0 aliphatic carbocycles. The van der Waals surface area contributed by atoms with Gasteiger partial charge in [-0.1, -0.05) is 5.21 Å². The summed E-state index contributed by atoms with van der Waals surface area (Å²) in [4.78, 5) is 13.5. The van der Waals surface area contributed by atoms with Crippen molar-refractivity contribution in [1.29, 1.82) is 0 Å². The Bertz CT molecular complexity index is 675. The van der Waals surface area contributed by atoms with Crippen LogP contribution in [0.2, 0.25) is 0 Å². The number of esters is 1. The minimum atomic E-state index is -0.500. The second-order valence-corrected chi connectivity index (χ2v) is 5.48. The van der Waals surface area contributed by atoms with E-state index in [4.69, 9.17) is 10.5 Å². The highest BCUT2D eigenvalue weighted by atomic mass is 16.6. The molecule has 0 unspecified atom stereocenters. The van der Waals surface area contributed by atoms with Gasteiger partial charge in [-0.15, -0.1) is 5.10 Å². The van der Waals surface area contributed by atoms with Crippen LogP contribution in [0.1, 0.15) is 42.4 Å². The molecule has 2 aromatic rings. The first-order valence-corrected chi connectivity index (χ1v) is 7.74. The Kier molecular flexibility index (Phi) is 4.51. The van der Waals surface area contributed by atoms with Crippen molar-refractivity contribution >= 4 is 11.8 Å². The molecule has 23 heavy (non-hydrogen) atoms. The Balaban J connectivity index is 1.95. The van der Waals surface area contributed by atoms with Gasteiger partial charge < -0.3 is 15.4 Å². The quantitative estimate of drug-likeness (QED) is 0.670. The molecule has 0 saturated carbocycles. The summed E-state index contributed by atoms with van der Waals surface area (Å²) in [6.45, 7) is 4.69. The number of nitrogen functional groups attached to an aromatic ring is 1. The summed E-state index contributed by atoms with van der Waals surface area (Å²) in [5, 5.41) is 15.3. The molecule has 124 valence electrons. The zero-order valence-electron chi connectivity index (χ0n) is 13.0. The molecule has 0 aromatic carbocycles. The molecule has 3 rings (SSSR count). The van der Waals surface area contributed by atoms with Crippen LogP contribution in [0.15, 0.2) is 4.63 Å². The van der Waals surface area contributed by atoms with E-state index in [1.54, 1.807) is 6.92 Å². The number of hydrogen-bond donors (Lipinski definition) is 2. The van der Waals surface area contributed by atoms with Crippen LogP contribution in [0, 0.1) is 0 Å². The maximum absolute atomic E-state index is 12.1. The molecule has 10 heteroatoms. The van der Waals surface area contributed by atoms with Crippen molar-refractivity contribution < 1.29 is 19.1 Å². The van der Waals surface area contributed by atoms with Crippen molar-refractivity contribution in [3.05, 3.63) is 11.4 Å². The number of quaternary nitrogens is 1. The van der Waals surface area contributed by atoms with E-state index in [0.717, 1.165) is 13.1 Å². The molecule has 3 N–H and O–H groups in total. The Hall–Kier alpha value is -2.49. The summed E-state index contributed by atoms with van der Waals surface area (Å²) in [5.74, 6) is -0.167. The van der Waals surface area contributed by atoms with Gasteiger partial charge in [-0.2, -0.15) is 4.68 Å². The van der Waals surface area contributed by atoms with Crippen LogP contribution in [-0.2, 0) is 11.3 Å². The maximum atomic E-state index is 12.1. The molecule has 0 atom stereocenters. The van der Waals surface area contributed by atoms with E-state index < -0.39 is 5.97 Å². The number of rotatable bonds is 5. The lowest BCUT2D eigenvalue weighted by atomic mass is 10.1. The summed E-state index contributed by atoms with van der Waals surface area (Å²) in [7, 11) is 0. The Labute approximate surface area is 132 Å². The minimum Gasteiger partial charge on any atom is -0.461 e. The molecule has 1 saturated heterocycles. The van der Waals surface area contributed by atoms with Gasteiger partial charge in [0, 0.05) is 0 Å². The fourth-order valence-electron chi connectivity index (χ4n) is 2.79. The van der Waals surface area contributed by atoms with Crippen LogP contribution < -0.4 is 10.6 Å². The number of ether oxygens (including phenoxy) is 1. The lowest BCUT2D eigenvalue weighted by molar-refractivity contribution is -0.918. The van der Waals surface area contributed by atoms with Gasteiger partial charge in [0.1, 0.15) is 12.2 Å². The molecule has 1 aliphatic heterocycles. The normalized spacial score (nSPS) is 15.7. The molecule has 0 spiro atoms. The van der Waals surface area contributed by atoms with E-state index in [9.17, 15) is 4.79 Å². The standard InChI is InChI=1S/C13H19N7O3/c1-2-22-13(21)10-9(8-19-6-4-3-5-7-19)20(18-15-10)12-11(14)16-23-17-12/h2-8H2,1H3,(H2,14,16)/p+1. The zero-order chi connectivity index (χ0) is 16.2. The molecule has 1 aliphatic rings. The fourth-order valence-corrected chi connectivity index (χ4v) is 2.79. The van der Waals surface area contributed by atoms with Crippen molar-refractivity contribution in [2.45, 2.75) is 32.7 Å². The summed E-state index contributed by atoms with van der Waals surface area (Å²) in [6.07, 6.45) is 3.57. The molecule has 3 heterocycles. The SMILES string of the molecule is CCOC(=O)c1nnn(-c2nonc2N)c1C[NH+]1CCCCC1. The van der Waals surface area contributed by atoms with Gasteiger partial charge in [0.05, 0.1) is 19.7 Å². The Morgan fingerprint density at radius 1 is 1.35 bits per heavy atom. The van der Waals surface area contributed by atoms with Crippen LogP contribution in [0.3, 0.4) is 0 Å². The van der Waals surface area contributed by atoms with Gasteiger partial charge in [0.2, 0.25) is 11.6 Å². The number of nitrogens with zero attached hydrogens (tertiary/aromatic N) is 5. The number of piperidine rings is 1. The van der Waals surface area contributed by atoms with Gasteiger partial charge in [-0.05, 0) is 36.5 Å². The Morgan fingerprint density at radius 2 is 2.13 bits per heavy atom. The minimum absolute atomic E-state index is 0.0974. The van der Waals surface area contributed by atoms with Crippen LogP contribution in [0.4, 0.5) is 5.82 Å². The van der Waals surface area contributed by atoms with Gasteiger partial charge in [0.15, 0.2) is 5.69 Å². The van der Waals surface area contributed by atoms with Gasteiger partial charge >= 0.3 is 5.97 Å². The van der Waals surface area contributed by atoms with Gasteiger partial charge in [0.25, 0.3) is 0 Å². The number of aromatic nitrogens is 5. The highest BCUT2D eigenvalue weighted by Gasteiger charge is 2.28. The molecule has 0 amide bonds. The summed E-state index contributed by atoms with van der Waals surface area (Å²) in [5.41, 5.74) is 6.54. The van der Waals surface area contributed by atoms with E-state index in [1.807, 2.05) is 0 Å². The number of anilines is 1. The molecule has 0 bridgehead atoms. The number of carbonyl (C=O) groups excluding carboxylic acids is 1. The monoisotopic (exact) mass is 322 g/mol. The third-order valence-corrected chi connectivity index (χ3v) is 3.91. The fraction of sp³-hybridized carbons (Fsp3) is 0.615. The van der Waals surface area contributed by atoms with Crippen LogP contribution in [0.25, 0.3) is 5.82 Å². The topological polar surface area (TPSA) is 126 Å².